The van der Waals surface area contributed by atoms with Crippen molar-refractivity contribution in [2.24, 2.45) is 0 Å². The minimum absolute atomic E-state index is 0.279. The minimum Gasteiger partial charge on any atom is -0.444 e. The molecular formula is C15H28N4O2. The number of hydrogen-bond acceptors (Lipinski definition) is 4. The summed E-state index contributed by atoms with van der Waals surface area (Å²) in [6.07, 6.45) is 3.15. The van der Waals surface area contributed by atoms with E-state index in [0.29, 0.717) is 19.6 Å². The first-order valence-corrected chi connectivity index (χ1v) is 7.28. The first-order valence-electron chi connectivity index (χ1n) is 7.28. The summed E-state index contributed by atoms with van der Waals surface area (Å²) in [5, 5.41) is 3.29. The molecule has 0 atom stereocenters. The molecule has 0 fully saturated rings. The van der Waals surface area contributed by atoms with Gasteiger partial charge in [-0.25, -0.2) is 9.78 Å². The quantitative estimate of drug-likeness (QED) is 0.819. The maximum absolute atomic E-state index is 12.3. The lowest BCUT2D eigenvalue weighted by Gasteiger charge is -2.36. The van der Waals surface area contributed by atoms with Gasteiger partial charge in [-0.2, -0.15) is 0 Å². The summed E-state index contributed by atoms with van der Waals surface area (Å²) in [7, 11) is 0. The fourth-order valence-corrected chi connectivity index (χ4v) is 1.81. The Kier molecular flexibility index (Phi) is 5.78. The molecule has 1 aromatic rings. The van der Waals surface area contributed by atoms with Crippen LogP contribution in [-0.2, 0) is 11.3 Å². The summed E-state index contributed by atoms with van der Waals surface area (Å²) in [4.78, 5) is 21.0. The zero-order valence-corrected chi connectivity index (χ0v) is 14.0. The third-order valence-electron chi connectivity index (χ3n) is 2.81. The zero-order chi connectivity index (χ0) is 16.1. The second-order valence-electron chi connectivity index (χ2n) is 7.06. The van der Waals surface area contributed by atoms with Gasteiger partial charge in [-0.15, -0.1) is 0 Å². The number of nitrogens with zero attached hydrogens (tertiary/aromatic N) is 2. The van der Waals surface area contributed by atoms with Crippen LogP contribution in [0.4, 0.5) is 4.79 Å². The minimum atomic E-state index is -0.482. The fourth-order valence-electron chi connectivity index (χ4n) is 1.81. The molecule has 120 valence electrons. The predicted molar refractivity (Wildman–Crippen MR) is 83.0 cm³/mol. The van der Waals surface area contributed by atoms with Crippen molar-refractivity contribution in [3.63, 3.8) is 0 Å². The number of hydrogen-bond donors (Lipinski definition) is 2. The second kappa shape index (κ2) is 6.93. The Morgan fingerprint density at radius 2 is 2.00 bits per heavy atom. The number of imidazole rings is 1. The van der Waals surface area contributed by atoms with Crippen molar-refractivity contribution >= 4 is 6.09 Å². The van der Waals surface area contributed by atoms with Crippen LogP contribution < -0.4 is 5.32 Å². The first kappa shape index (κ1) is 17.5. The summed E-state index contributed by atoms with van der Waals surface area (Å²) in [5.74, 6) is 0. The molecule has 1 amide bonds. The van der Waals surface area contributed by atoms with Crippen LogP contribution in [0.5, 0.6) is 0 Å². The van der Waals surface area contributed by atoms with Gasteiger partial charge in [0.15, 0.2) is 0 Å². The van der Waals surface area contributed by atoms with E-state index < -0.39 is 5.60 Å². The molecule has 0 bridgehead atoms. The third kappa shape index (κ3) is 6.62. The highest BCUT2D eigenvalue weighted by molar-refractivity contribution is 5.69. The molecule has 1 heterocycles. The number of carbonyl (C=O) groups is 1. The summed E-state index contributed by atoms with van der Waals surface area (Å²) < 4.78 is 5.47. The van der Waals surface area contributed by atoms with Gasteiger partial charge in [0.05, 0.1) is 6.33 Å². The lowest BCUT2D eigenvalue weighted by atomic mass is 10.1. The summed E-state index contributed by atoms with van der Waals surface area (Å²) in [5.41, 5.74) is 0.261. The van der Waals surface area contributed by atoms with Gasteiger partial charge in [0, 0.05) is 37.1 Å². The van der Waals surface area contributed by atoms with Gasteiger partial charge in [0.25, 0.3) is 0 Å². The van der Waals surface area contributed by atoms with Gasteiger partial charge in [0.1, 0.15) is 5.60 Å². The number of aromatic nitrogens is 2. The Morgan fingerprint density at radius 3 is 2.48 bits per heavy atom. The van der Waals surface area contributed by atoms with E-state index >= 15 is 0 Å². The molecule has 0 spiro atoms. The van der Waals surface area contributed by atoms with E-state index in [0.717, 1.165) is 5.69 Å². The molecule has 21 heavy (non-hydrogen) atoms. The average Bonchev–Trinajstić information content (AvgIpc) is 2.77. The van der Waals surface area contributed by atoms with Crippen molar-refractivity contribution in [1.29, 1.82) is 0 Å². The van der Waals surface area contributed by atoms with Gasteiger partial charge < -0.3 is 19.9 Å². The third-order valence-corrected chi connectivity index (χ3v) is 2.81. The van der Waals surface area contributed by atoms with E-state index in [1.54, 1.807) is 17.4 Å². The van der Waals surface area contributed by atoms with Crippen molar-refractivity contribution in [1.82, 2.24) is 20.2 Å². The van der Waals surface area contributed by atoms with Crippen LogP contribution in [0.2, 0.25) is 0 Å². The first-order chi connectivity index (χ1) is 9.59. The van der Waals surface area contributed by atoms with Crippen molar-refractivity contribution < 1.29 is 9.53 Å². The van der Waals surface area contributed by atoms with E-state index in [1.807, 2.05) is 41.5 Å². The number of nitrogens with one attached hydrogen (secondary N) is 2. The number of H-pyrrole nitrogens is 1. The van der Waals surface area contributed by atoms with E-state index in [1.165, 1.54) is 0 Å². The predicted octanol–water partition coefficient (Wildman–Crippen LogP) is 2.53. The van der Waals surface area contributed by atoms with E-state index in [4.69, 9.17) is 4.74 Å². The smallest absolute Gasteiger partial charge is 0.410 e. The van der Waals surface area contributed by atoms with Crippen molar-refractivity contribution in [3.05, 3.63) is 18.2 Å². The molecule has 0 saturated carbocycles. The van der Waals surface area contributed by atoms with Gasteiger partial charge in [-0.05, 0) is 41.5 Å². The Morgan fingerprint density at radius 1 is 1.33 bits per heavy atom. The standard InChI is InChI=1S/C15H28N4O2/c1-14(2,3)19(13(20)21-15(4,5)6)8-7-16-9-12-10-17-11-18-12/h10-11,16H,7-9H2,1-6H3,(H,17,18). The number of ether oxygens (including phenoxy) is 1. The van der Waals surface area contributed by atoms with Crippen LogP contribution >= 0.6 is 0 Å². The number of aromatic amines is 1. The molecule has 0 aliphatic heterocycles. The maximum atomic E-state index is 12.3. The molecule has 0 radical (unpaired) electrons. The molecule has 0 aromatic carbocycles. The molecule has 1 aromatic heterocycles. The lowest BCUT2D eigenvalue weighted by Crippen LogP contribution is -2.50. The summed E-state index contributed by atoms with van der Waals surface area (Å²) in [6.45, 7) is 13.6. The highest BCUT2D eigenvalue weighted by Crippen LogP contribution is 2.17. The molecule has 1 rings (SSSR count). The Hall–Kier alpha value is -1.56. The highest BCUT2D eigenvalue weighted by atomic mass is 16.6. The molecule has 6 heteroatoms. The summed E-state index contributed by atoms with van der Waals surface area (Å²) >= 11 is 0. The van der Waals surface area contributed by atoms with Crippen LogP contribution in [0, 0.1) is 0 Å². The van der Waals surface area contributed by atoms with Crippen LogP contribution in [0.15, 0.2) is 12.5 Å². The van der Waals surface area contributed by atoms with Crippen LogP contribution in [0.1, 0.15) is 47.2 Å². The zero-order valence-electron chi connectivity index (χ0n) is 14.0. The number of rotatable bonds is 5. The fraction of sp³-hybridized carbons (Fsp3) is 0.733. The SMILES string of the molecule is CC(C)(C)OC(=O)N(CCNCc1cnc[nH]1)C(C)(C)C. The molecular weight excluding hydrogens is 268 g/mol. The normalized spacial score (nSPS) is 12.3. The van der Waals surface area contributed by atoms with Crippen molar-refractivity contribution in [2.75, 3.05) is 13.1 Å². The largest absolute Gasteiger partial charge is 0.444 e. The maximum Gasteiger partial charge on any atom is 0.410 e. The van der Waals surface area contributed by atoms with Gasteiger partial charge in [0.2, 0.25) is 0 Å². The summed E-state index contributed by atoms with van der Waals surface area (Å²) in [6, 6.07) is 0. The van der Waals surface area contributed by atoms with Crippen LogP contribution in [-0.4, -0.2) is 45.2 Å². The number of amides is 1. The van der Waals surface area contributed by atoms with Crippen LogP contribution in [0.25, 0.3) is 0 Å². The van der Waals surface area contributed by atoms with Crippen molar-refractivity contribution in [3.8, 4) is 0 Å². The van der Waals surface area contributed by atoms with Gasteiger partial charge in [-0.3, -0.25) is 0 Å². The highest BCUT2D eigenvalue weighted by Gasteiger charge is 2.30. The van der Waals surface area contributed by atoms with E-state index in [2.05, 4.69) is 15.3 Å². The Bertz CT molecular complexity index is 430. The van der Waals surface area contributed by atoms with E-state index in [-0.39, 0.29) is 11.6 Å². The topological polar surface area (TPSA) is 70.2 Å². The monoisotopic (exact) mass is 296 g/mol. The average molecular weight is 296 g/mol. The van der Waals surface area contributed by atoms with Crippen LogP contribution in [0.3, 0.4) is 0 Å². The second-order valence-corrected chi connectivity index (χ2v) is 7.06. The van der Waals surface area contributed by atoms with Crippen molar-refractivity contribution in [2.45, 2.75) is 59.2 Å². The Balaban J connectivity index is 2.49. The molecule has 0 saturated heterocycles. The molecule has 0 unspecified atom stereocenters. The lowest BCUT2D eigenvalue weighted by molar-refractivity contribution is 0.00663. The Labute approximate surface area is 127 Å². The van der Waals surface area contributed by atoms with E-state index in [9.17, 15) is 4.79 Å². The molecule has 0 aliphatic rings. The molecule has 2 N–H and O–H groups in total. The number of carbonyl (C=O) groups excluding carboxylic acids is 1. The molecule has 0 aliphatic carbocycles. The van der Waals surface area contributed by atoms with Gasteiger partial charge in [-0.1, -0.05) is 0 Å². The molecule has 6 nitrogen and oxygen atoms in total. The van der Waals surface area contributed by atoms with Gasteiger partial charge >= 0.3 is 6.09 Å².